The van der Waals surface area contributed by atoms with E-state index in [1.165, 1.54) is 18.5 Å². The average Bonchev–Trinajstić information content (AvgIpc) is 2.72. The van der Waals surface area contributed by atoms with Crippen LogP contribution in [0.15, 0.2) is 30.3 Å². The molecule has 2 aromatic rings. The number of rotatable bonds is 8. The first-order valence-corrected chi connectivity index (χ1v) is 10.3. The number of hydrogen-bond acceptors (Lipinski definition) is 6. The van der Waals surface area contributed by atoms with E-state index < -0.39 is 0 Å². The average molecular weight is 398 g/mol. The Kier molecular flexibility index (Phi) is 7.41. The third-order valence-corrected chi connectivity index (χ3v) is 5.18. The molecule has 0 spiro atoms. The van der Waals surface area contributed by atoms with Gasteiger partial charge in [0.1, 0.15) is 17.3 Å². The van der Waals surface area contributed by atoms with Gasteiger partial charge in [-0.05, 0) is 56.4 Å². The highest BCUT2D eigenvalue weighted by molar-refractivity contribution is 6.03. The van der Waals surface area contributed by atoms with E-state index in [0.29, 0.717) is 23.9 Å². The van der Waals surface area contributed by atoms with Gasteiger partial charge in [-0.2, -0.15) is 0 Å². The van der Waals surface area contributed by atoms with Crippen molar-refractivity contribution in [1.82, 2.24) is 9.97 Å². The van der Waals surface area contributed by atoms with Crippen molar-refractivity contribution in [2.75, 3.05) is 48.9 Å². The molecule has 1 amide bonds. The molecule has 1 aromatic heterocycles. The fourth-order valence-corrected chi connectivity index (χ4v) is 3.43. The third kappa shape index (κ3) is 6.15. The number of hydrogen-bond donors (Lipinski definition) is 2. The second-order valence-corrected chi connectivity index (χ2v) is 7.63. The molecule has 0 bridgehead atoms. The molecule has 3 rings (SSSR count). The molecule has 1 aliphatic heterocycles. The summed E-state index contributed by atoms with van der Waals surface area (Å²) in [5.41, 5.74) is 2.31. The molecular weight excluding hydrogens is 366 g/mol. The Balaban J connectivity index is 1.60. The Morgan fingerprint density at radius 1 is 1.21 bits per heavy atom. The zero-order valence-electron chi connectivity index (χ0n) is 17.6. The molecular formula is C22H31N5O2. The minimum Gasteiger partial charge on any atom is -0.385 e. The Morgan fingerprint density at radius 2 is 1.93 bits per heavy atom. The van der Waals surface area contributed by atoms with Crippen molar-refractivity contribution < 1.29 is 9.53 Å². The van der Waals surface area contributed by atoms with Crippen molar-refractivity contribution in [2.45, 2.75) is 33.1 Å². The van der Waals surface area contributed by atoms with Crippen molar-refractivity contribution in [2.24, 2.45) is 5.92 Å². The molecule has 1 aliphatic rings. The third-order valence-electron chi connectivity index (χ3n) is 5.18. The molecule has 7 heteroatoms. The van der Waals surface area contributed by atoms with E-state index in [1.807, 2.05) is 12.1 Å². The number of piperidine rings is 1. The number of benzene rings is 1. The molecule has 0 radical (unpaired) electrons. The molecule has 7 nitrogen and oxygen atoms in total. The monoisotopic (exact) mass is 397 g/mol. The van der Waals surface area contributed by atoms with Gasteiger partial charge < -0.3 is 20.3 Å². The van der Waals surface area contributed by atoms with E-state index in [4.69, 9.17) is 4.74 Å². The minimum absolute atomic E-state index is 0.241. The van der Waals surface area contributed by atoms with Gasteiger partial charge in [0.2, 0.25) is 0 Å². The number of nitrogens with zero attached hydrogens (tertiary/aromatic N) is 3. The summed E-state index contributed by atoms with van der Waals surface area (Å²) < 4.78 is 5.04. The number of carbonyl (C=O) groups is 1. The van der Waals surface area contributed by atoms with Crippen LogP contribution >= 0.6 is 0 Å². The Morgan fingerprint density at radius 3 is 2.62 bits per heavy atom. The normalized spacial score (nSPS) is 14.7. The van der Waals surface area contributed by atoms with Crippen molar-refractivity contribution in [3.8, 4) is 0 Å². The lowest BCUT2D eigenvalue weighted by atomic mass is 9.99. The van der Waals surface area contributed by atoms with E-state index in [-0.39, 0.29) is 5.91 Å². The number of methoxy groups -OCH3 is 1. The fourth-order valence-electron chi connectivity index (χ4n) is 3.43. The van der Waals surface area contributed by atoms with Crippen LogP contribution in [-0.4, -0.2) is 49.2 Å². The van der Waals surface area contributed by atoms with Crippen LogP contribution in [0, 0.1) is 12.8 Å². The standard InChI is InChI=1S/C22H31N5O2/c1-16-9-12-27(13-10-16)19-7-5-18(6-8-19)26-22(28)20-15-21(25-17(2)24-20)23-11-4-14-29-3/h5-8,15-16H,4,9-14H2,1-3H3,(H,26,28)(H,23,24,25). The van der Waals surface area contributed by atoms with Crippen LogP contribution in [0.3, 0.4) is 0 Å². The highest BCUT2D eigenvalue weighted by Gasteiger charge is 2.16. The zero-order valence-corrected chi connectivity index (χ0v) is 17.6. The van der Waals surface area contributed by atoms with E-state index in [9.17, 15) is 4.79 Å². The first-order valence-electron chi connectivity index (χ1n) is 10.3. The van der Waals surface area contributed by atoms with Gasteiger partial charge in [-0.15, -0.1) is 0 Å². The van der Waals surface area contributed by atoms with Crippen LogP contribution in [0.2, 0.25) is 0 Å². The SMILES string of the molecule is COCCCNc1cc(C(=O)Nc2ccc(N3CCC(C)CC3)cc2)nc(C)n1. The van der Waals surface area contributed by atoms with Gasteiger partial charge in [-0.3, -0.25) is 4.79 Å². The lowest BCUT2D eigenvalue weighted by Gasteiger charge is -2.32. The number of aryl methyl sites for hydroxylation is 1. The quantitative estimate of drug-likeness (QED) is 0.661. The summed E-state index contributed by atoms with van der Waals surface area (Å²) in [6.07, 6.45) is 3.32. The van der Waals surface area contributed by atoms with Crippen LogP contribution in [0.5, 0.6) is 0 Å². The smallest absolute Gasteiger partial charge is 0.274 e. The molecule has 0 saturated carbocycles. The van der Waals surface area contributed by atoms with Gasteiger partial charge in [0.15, 0.2) is 0 Å². The summed E-state index contributed by atoms with van der Waals surface area (Å²) in [6, 6.07) is 9.71. The van der Waals surface area contributed by atoms with E-state index in [0.717, 1.165) is 37.7 Å². The zero-order chi connectivity index (χ0) is 20.6. The van der Waals surface area contributed by atoms with Gasteiger partial charge in [-0.25, -0.2) is 9.97 Å². The highest BCUT2D eigenvalue weighted by Crippen LogP contribution is 2.24. The van der Waals surface area contributed by atoms with Crippen molar-refractivity contribution in [1.29, 1.82) is 0 Å². The molecule has 1 saturated heterocycles. The van der Waals surface area contributed by atoms with Crippen LogP contribution in [0.4, 0.5) is 17.2 Å². The van der Waals surface area contributed by atoms with Gasteiger partial charge in [0.25, 0.3) is 5.91 Å². The maximum atomic E-state index is 12.7. The largest absolute Gasteiger partial charge is 0.385 e. The first kappa shape index (κ1) is 21.0. The molecule has 156 valence electrons. The van der Waals surface area contributed by atoms with Gasteiger partial charge in [0, 0.05) is 50.8 Å². The number of aromatic nitrogens is 2. The second-order valence-electron chi connectivity index (χ2n) is 7.63. The summed E-state index contributed by atoms with van der Waals surface area (Å²) in [4.78, 5) is 23.7. The number of carbonyl (C=O) groups excluding carboxylic acids is 1. The number of nitrogens with one attached hydrogen (secondary N) is 2. The van der Waals surface area contributed by atoms with E-state index in [1.54, 1.807) is 20.1 Å². The summed E-state index contributed by atoms with van der Waals surface area (Å²) >= 11 is 0. The maximum Gasteiger partial charge on any atom is 0.274 e. The van der Waals surface area contributed by atoms with E-state index in [2.05, 4.69) is 44.6 Å². The maximum absolute atomic E-state index is 12.7. The molecule has 1 aromatic carbocycles. The molecule has 1 fully saturated rings. The number of ether oxygens (including phenoxy) is 1. The van der Waals surface area contributed by atoms with Crippen LogP contribution in [0.1, 0.15) is 42.5 Å². The highest BCUT2D eigenvalue weighted by atomic mass is 16.5. The van der Waals surface area contributed by atoms with Crippen LogP contribution in [0.25, 0.3) is 0 Å². The minimum atomic E-state index is -0.241. The molecule has 0 atom stereocenters. The van der Waals surface area contributed by atoms with Gasteiger partial charge in [0.05, 0.1) is 0 Å². The molecule has 2 N–H and O–H groups in total. The predicted octanol–water partition coefficient (Wildman–Crippen LogP) is 3.72. The lowest BCUT2D eigenvalue weighted by molar-refractivity contribution is 0.102. The van der Waals surface area contributed by atoms with Crippen molar-refractivity contribution in [3.63, 3.8) is 0 Å². The van der Waals surface area contributed by atoms with Crippen LogP contribution in [-0.2, 0) is 4.74 Å². The van der Waals surface area contributed by atoms with Crippen molar-refractivity contribution >= 4 is 23.1 Å². The Labute approximate surface area is 172 Å². The number of anilines is 3. The Hall–Kier alpha value is -2.67. The predicted molar refractivity (Wildman–Crippen MR) is 117 cm³/mol. The lowest BCUT2D eigenvalue weighted by Crippen LogP contribution is -2.32. The van der Waals surface area contributed by atoms with E-state index >= 15 is 0 Å². The molecule has 0 unspecified atom stereocenters. The topological polar surface area (TPSA) is 79.4 Å². The molecule has 29 heavy (non-hydrogen) atoms. The summed E-state index contributed by atoms with van der Waals surface area (Å²) in [5.74, 6) is 1.77. The number of amides is 1. The molecule has 0 aliphatic carbocycles. The van der Waals surface area contributed by atoms with Crippen LogP contribution < -0.4 is 15.5 Å². The van der Waals surface area contributed by atoms with Gasteiger partial charge >= 0.3 is 0 Å². The summed E-state index contributed by atoms with van der Waals surface area (Å²) in [5, 5.41) is 6.14. The first-order chi connectivity index (χ1) is 14.0. The summed E-state index contributed by atoms with van der Waals surface area (Å²) in [6.45, 7) is 7.68. The second kappa shape index (κ2) is 10.2. The van der Waals surface area contributed by atoms with Crippen molar-refractivity contribution in [3.05, 3.63) is 41.9 Å². The van der Waals surface area contributed by atoms with Gasteiger partial charge in [-0.1, -0.05) is 6.92 Å². The Bertz CT molecular complexity index is 801. The summed E-state index contributed by atoms with van der Waals surface area (Å²) in [7, 11) is 1.68. The molecule has 2 heterocycles. The fraction of sp³-hybridized carbons (Fsp3) is 0.500.